The molecule has 4 aromatic rings. The van der Waals surface area contributed by atoms with Crippen molar-refractivity contribution in [2.75, 3.05) is 5.73 Å². The van der Waals surface area contributed by atoms with Crippen molar-refractivity contribution >= 4 is 27.4 Å². The Bertz CT molecular complexity index is 952. The monoisotopic (exact) mass is 349 g/mol. The fourth-order valence-corrected chi connectivity index (χ4v) is 3.46. The maximum Gasteiger partial charge on any atom is 0.201 e. The fourth-order valence-electron chi connectivity index (χ4n) is 2.39. The summed E-state index contributed by atoms with van der Waals surface area (Å²) in [5, 5.41) is 0.889. The van der Waals surface area contributed by atoms with E-state index in [2.05, 4.69) is 38.1 Å². The van der Waals surface area contributed by atoms with Gasteiger partial charge in [0.15, 0.2) is 5.82 Å². The highest BCUT2D eigenvalue weighted by Crippen LogP contribution is 2.30. The first kappa shape index (κ1) is 17.0. The van der Waals surface area contributed by atoms with Gasteiger partial charge in [0.05, 0.1) is 5.39 Å². The Morgan fingerprint density at radius 2 is 1.64 bits per heavy atom. The van der Waals surface area contributed by atoms with Crippen molar-refractivity contribution < 1.29 is 0 Å². The maximum absolute atomic E-state index is 6.10. The van der Waals surface area contributed by atoms with Crippen molar-refractivity contribution in [2.45, 2.75) is 20.3 Å². The van der Waals surface area contributed by atoms with Crippen LogP contribution in [-0.4, -0.2) is 19.9 Å². The Hall–Kier alpha value is -2.86. The van der Waals surface area contributed by atoms with Gasteiger partial charge in [-0.2, -0.15) is 0 Å². The second-order valence-corrected chi connectivity index (χ2v) is 6.21. The van der Waals surface area contributed by atoms with Gasteiger partial charge in [0, 0.05) is 23.7 Å². The summed E-state index contributed by atoms with van der Waals surface area (Å²) in [5.41, 5.74) is 7.36. The van der Waals surface area contributed by atoms with Crippen LogP contribution >= 0.6 is 11.3 Å². The number of anilines is 1. The molecule has 0 aliphatic carbocycles. The standard InChI is InChI=1S/C17H13N5S.C2H6/c18-14-13-10-12(9-11-5-2-1-3-6-11)23-17(13)22-16(21-14)15-19-7-4-8-20-15;1-2/h1-8,10H,9H2,(H2,18,21,22);1-2H3. The van der Waals surface area contributed by atoms with E-state index in [-0.39, 0.29) is 0 Å². The van der Waals surface area contributed by atoms with Crippen LogP contribution in [0.25, 0.3) is 21.9 Å². The van der Waals surface area contributed by atoms with Crippen LogP contribution in [0.15, 0.2) is 54.9 Å². The summed E-state index contributed by atoms with van der Waals surface area (Å²) in [6.45, 7) is 4.00. The highest BCUT2D eigenvalue weighted by Gasteiger charge is 2.12. The lowest BCUT2D eigenvalue weighted by molar-refractivity contribution is 1.10. The number of fused-ring (bicyclic) bond motifs is 1. The number of aromatic nitrogens is 4. The predicted molar refractivity (Wildman–Crippen MR) is 103 cm³/mol. The summed E-state index contributed by atoms with van der Waals surface area (Å²) < 4.78 is 0. The molecule has 0 amide bonds. The van der Waals surface area contributed by atoms with Crippen LogP contribution in [0.1, 0.15) is 24.3 Å². The molecule has 0 atom stereocenters. The van der Waals surface area contributed by atoms with Gasteiger partial charge >= 0.3 is 0 Å². The number of benzene rings is 1. The van der Waals surface area contributed by atoms with Gasteiger partial charge in [-0.25, -0.2) is 19.9 Å². The lowest BCUT2D eigenvalue weighted by Crippen LogP contribution is -1.98. The Morgan fingerprint density at radius 1 is 0.920 bits per heavy atom. The van der Waals surface area contributed by atoms with Crippen LogP contribution in [-0.2, 0) is 6.42 Å². The zero-order valence-corrected chi connectivity index (χ0v) is 15.0. The normalized spacial score (nSPS) is 10.3. The molecule has 25 heavy (non-hydrogen) atoms. The number of nitrogen functional groups attached to an aromatic ring is 1. The lowest BCUT2D eigenvalue weighted by Gasteiger charge is -2.00. The molecule has 0 saturated heterocycles. The van der Waals surface area contributed by atoms with E-state index in [0.717, 1.165) is 16.6 Å². The first-order valence-electron chi connectivity index (χ1n) is 8.17. The zero-order valence-electron chi connectivity index (χ0n) is 14.2. The van der Waals surface area contributed by atoms with Gasteiger partial charge in [-0.15, -0.1) is 11.3 Å². The quantitative estimate of drug-likeness (QED) is 0.595. The number of hydrogen-bond acceptors (Lipinski definition) is 6. The van der Waals surface area contributed by atoms with Gasteiger partial charge in [-0.05, 0) is 17.7 Å². The number of nitrogens with zero attached hydrogens (tertiary/aromatic N) is 4. The highest BCUT2D eigenvalue weighted by molar-refractivity contribution is 7.18. The minimum atomic E-state index is 0.462. The van der Waals surface area contributed by atoms with E-state index in [1.807, 2.05) is 32.0 Å². The first-order chi connectivity index (χ1) is 12.3. The van der Waals surface area contributed by atoms with E-state index in [4.69, 9.17) is 5.73 Å². The van der Waals surface area contributed by atoms with Gasteiger partial charge in [0.2, 0.25) is 5.82 Å². The average molecular weight is 349 g/mol. The van der Waals surface area contributed by atoms with E-state index < -0.39 is 0 Å². The molecule has 5 nitrogen and oxygen atoms in total. The van der Waals surface area contributed by atoms with Crippen molar-refractivity contribution in [1.29, 1.82) is 0 Å². The van der Waals surface area contributed by atoms with Crippen LogP contribution in [0.3, 0.4) is 0 Å². The summed E-state index contributed by atoms with van der Waals surface area (Å²) in [5.74, 6) is 1.41. The highest BCUT2D eigenvalue weighted by atomic mass is 32.1. The molecule has 0 bridgehead atoms. The number of thiophene rings is 1. The third kappa shape index (κ3) is 3.80. The summed E-state index contributed by atoms with van der Waals surface area (Å²) in [6.07, 6.45) is 4.20. The van der Waals surface area contributed by atoms with E-state index in [0.29, 0.717) is 17.5 Å². The van der Waals surface area contributed by atoms with Gasteiger partial charge in [0.25, 0.3) is 0 Å². The molecule has 0 fully saturated rings. The minimum absolute atomic E-state index is 0.462. The van der Waals surface area contributed by atoms with Gasteiger partial charge in [-0.3, -0.25) is 0 Å². The van der Waals surface area contributed by atoms with Crippen LogP contribution in [0.2, 0.25) is 0 Å². The van der Waals surface area contributed by atoms with Gasteiger partial charge in [-0.1, -0.05) is 44.2 Å². The van der Waals surface area contributed by atoms with Crippen molar-refractivity contribution in [3.8, 4) is 11.6 Å². The Labute approximate surface area is 150 Å². The van der Waals surface area contributed by atoms with Crippen molar-refractivity contribution in [3.63, 3.8) is 0 Å². The first-order valence-corrected chi connectivity index (χ1v) is 8.98. The van der Waals surface area contributed by atoms with Crippen LogP contribution in [0, 0.1) is 0 Å². The van der Waals surface area contributed by atoms with Gasteiger partial charge < -0.3 is 5.73 Å². The molecule has 0 saturated carbocycles. The largest absolute Gasteiger partial charge is 0.383 e. The molecule has 0 spiro atoms. The molecule has 0 radical (unpaired) electrons. The molecule has 3 aromatic heterocycles. The Kier molecular flexibility index (Phi) is 5.30. The second-order valence-electron chi connectivity index (χ2n) is 5.10. The van der Waals surface area contributed by atoms with Crippen molar-refractivity contribution in [1.82, 2.24) is 19.9 Å². The molecular formula is C19H19N5S. The van der Waals surface area contributed by atoms with E-state index in [1.54, 1.807) is 29.8 Å². The van der Waals surface area contributed by atoms with E-state index in [1.165, 1.54) is 10.4 Å². The molecule has 3 heterocycles. The Balaban J connectivity index is 0.000000880. The summed E-state index contributed by atoms with van der Waals surface area (Å²) in [7, 11) is 0. The molecule has 2 N–H and O–H groups in total. The minimum Gasteiger partial charge on any atom is -0.383 e. The maximum atomic E-state index is 6.10. The third-order valence-electron chi connectivity index (χ3n) is 3.46. The molecule has 1 aromatic carbocycles. The summed E-state index contributed by atoms with van der Waals surface area (Å²) >= 11 is 1.63. The fraction of sp³-hybridized carbons (Fsp3) is 0.158. The van der Waals surface area contributed by atoms with Gasteiger partial charge in [0.1, 0.15) is 10.6 Å². The molecular weight excluding hydrogens is 330 g/mol. The molecule has 0 unspecified atom stereocenters. The average Bonchev–Trinajstić information content (AvgIpc) is 3.08. The SMILES string of the molecule is CC.Nc1nc(-c2ncccn2)nc2sc(Cc3ccccc3)cc12. The predicted octanol–water partition coefficient (Wildman–Crippen LogP) is 4.35. The van der Waals surface area contributed by atoms with E-state index >= 15 is 0 Å². The second kappa shape index (κ2) is 7.81. The molecule has 126 valence electrons. The van der Waals surface area contributed by atoms with Crippen molar-refractivity contribution in [2.24, 2.45) is 0 Å². The molecule has 6 heteroatoms. The lowest BCUT2D eigenvalue weighted by atomic mass is 10.1. The summed E-state index contributed by atoms with van der Waals surface area (Å²) in [4.78, 5) is 19.4. The molecule has 0 aliphatic heterocycles. The number of nitrogens with two attached hydrogens (primary N) is 1. The molecule has 4 rings (SSSR count). The molecule has 0 aliphatic rings. The number of hydrogen-bond donors (Lipinski definition) is 1. The zero-order chi connectivity index (χ0) is 17.6. The topological polar surface area (TPSA) is 77.6 Å². The van der Waals surface area contributed by atoms with Crippen LogP contribution in [0.5, 0.6) is 0 Å². The van der Waals surface area contributed by atoms with Crippen molar-refractivity contribution in [3.05, 3.63) is 65.3 Å². The van der Waals surface area contributed by atoms with E-state index in [9.17, 15) is 0 Å². The van der Waals surface area contributed by atoms with Crippen LogP contribution < -0.4 is 5.73 Å². The summed E-state index contributed by atoms with van der Waals surface area (Å²) in [6, 6.07) is 14.2. The number of rotatable bonds is 3. The Morgan fingerprint density at radius 3 is 2.36 bits per heavy atom. The van der Waals surface area contributed by atoms with Crippen LogP contribution in [0.4, 0.5) is 5.82 Å². The third-order valence-corrected chi connectivity index (χ3v) is 4.49. The smallest absolute Gasteiger partial charge is 0.201 e.